The minimum Gasteiger partial charge on any atom is -0.307 e. The Morgan fingerprint density at radius 3 is 2.52 bits per heavy atom. The van der Waals surface area contributed by atoms with Gasteiger partial charge in [0.05, 0.1) is 11.8 Å². The second-order valence-electron chi connectivity index (χ2n) is 4.15. The van der Waals surface area contributed by atoms with Gasteiger partial charge in [-0.2, -0.15) is 18.3 Å². The van der Waals surface area contributed by atoms with Crippen LogP contribution in [0.5, 0.6) is 0 Å². The zero-order chi connectivity index (χ0) is 15.6. The van der Waals surface area contributed by atoms with Gasteiger partial charge in [-0.3, -0.25) is 10.4 Å². The minimum atomic E-state index is -4.79. The summed E-state index contributed by atoms with van der Waals surface area (Å²) < 4.78 is 51.3. The molecule has 0 bridgehead atoms. The standard InChI is InChI=1S/C12H10F4N4O/c1-6-8(3-2-7(10(6)13)12(14,15)16)18-11(21)19-9-4-5-17-20-9/h2-5H,1H3,(H3,17,18,19,20,21). The van der Waals surface area contributed by atoms with Gasteiger partial charge in [0, 0.05) is 17.3 Å². The molecule has 112 valence electrons. The van der Waals surface area contributed by atoms with E-state index in [0.29, 0.717) is 6.07 Å². The van der Waals surface area contributed by atoms with Crippen LogP contribution in [0.15, 0.2) is 24.4 Å². The molecule has 0 saturated heterocycles. The lowest BCUT2D eigenvalue weighted by molar-refractivity contribution is -0.140. The number of nitrogens with one attached hydrogen (secondary N) is 3. The maximum atomic E-state index is 13.7. The summed E-state index contributed by atoms with van der Waals surface area (Å²) in [6.07, 6.45) is -3.38. The first kappa shape index (κ1) is 14.8. The number of benzene rings is 1. The molecule has 0 aliphatic heterocycles. The van der Waals surface area contributed by atoms with Gasteiger partial charge in [0.15, 0.2) is 0 Å². The van der Waals surface area contributed by atoms with Gasteiger partial charge in [0.1, 0.15) is 11.6 Å². The van der Waals surface area contributed by atoms with Gasteiger partial charge in [-0.15, -0.1) is 0 Å². The fourth-order valence-electron chi connectivity index (χ4n) is 1.64. The number of hydrogen-bond donors (Lipinski definition) is 3. The molecule has 0 spiro atoms. The van der Waals surface area contributed by atoms with Crippen molar-refractivity contribution < 1.29 is 22.4 Å². The van der Waals surface area contributed by atoms with E-state index < -0.39 is 23.6 Å². The summed E-state index contributed by atoms with van der Waals surface area (Å²) in [6.45, 7) is 1.15. The molecular weight excluding hydrogens is 292 g/mol. The van der Waals surface area contributed by atoms with Crippen molar-refractivity contribution in [3.05, 3.63) is 41.3 Å². The third-order valence-corrected chi connectivity index (χ3v) is 2.69. The molecule has 9 heteroatoms. The molecule has 0 aliphatic rings. The molecule has 0 fully saturated rings. The second kappa shape index (κ2) is 5.43. The molecule has 2 aromatic rings. The number of urea groups is 1. The number of aromatic nitrogens is 2. The van der Waals surface area contributed by atoms with E-state index in [1.54, 1.807) is 0 Å². The lowest BCUT2D eigenvalue weighted by Crippen LogP contribution is -2.21. The van der Waals surface area contributed by atoms with Crippen molar-refractivity contribution in [2.45, 2.75) is 13.1 Å². The Kier molecular flexibility index (Phi) is 3.83. The average Bonchev–Trinajstić information content (AvgIpc) is 2.86. The van der Waals surface area contributed by atoms with Crippen molar-refractivity contribution in [2.24, 2.45) is 0 Å². The highest BCUT2D eigenvalue weighted by Crippen LogP contribution is 2.34. The van der Waals surface area contributed by atoms with E-state index in [4.69, 9.17) is 0 Å². The van der Waals surface area contributed by atoms with E-state index in [-0.39, 0.29) is 17.1 Å². The van der Waals surface area contributed by atoms with Crippen LogP contribution in [0.2, 0.25) is 0 Å². The van der Waals surface area contributed by atoms with E-state index in [9.17, 15) is 22.4 Å². The Hall–Kier alpha value is -2.58. The Labute approximate surface area is 116 Å². The Morgan fingerprint density at radius 1 is 1.24 bits per heavy atom. The van der Waals surface area contributed by atoms with Gasteiger partial charge in [-0.25, -0.2) is 9.18 Å². The molecule has 0 aliphatic carbocycles. The first-order valence-corrected chi connectivity index (χ1v) is 5.72. The molecule has 0 radical (unpaired) electrons. The monoisotopic (exact) mass is 302 g/mol. The third kappa shape index (κ3) is 3.30. The Morgan fingerprint density at radius 2 is 1.95 bits per heavy atom. The number of carbonyl (C=O) groups is 1. The van der Waals surface area contributed by atoms with Gasteiger partial charge in [0.25, 0.3) is 0 Å². The molecule has 1 heterocycles. The predicted octanol–water partition coefficient (Wildman–Crippen LogP) is 3.52. The molecule has 0 atom stereocenters. The van der Waals surface area contributed by atoms with E-state index in [0.717, 1.165) is 13.0 Å². The lowest BCUT2D eigenvalue weighted by Gasteiger charge is -2.14. The predicted molar refractivity (Wildman–Crippen MR) is 67.4 cm³/mol. The summed E-state index contributed by atoms with van der Waals surface area (Å²) in [6, 6.07) is 2.31. The molecule has 1 aromatic carbocycles. The molecule has 3 N–H and O–H groups in total. The van der Waals surface area contributed by atoms with Crippen LogP contribution in [-0.4, -0.2) is 16.2 Å². The topological polar surface area (TPSA) is 69.8 Å². The number of alkyl halides is 3. The van der Waals surface area contributed by atoms with Gasteiger partial charge in [-0.05, 0) is 19.1 Å². The van der Waals surface area contributed by atoms with Crippen LogP contribution in [0.4, 0.5) is 33.9 Å². The second-order valence-corrected chi connectivity index (χ2v) is 4.15. The number of rotatable bonds is 2. The van der Waals surface area contributed by atoms with Gasteiger partial charge >= 0.3 is 12.2 Å². The summed E-state index contributed by atoms with van der Waals surface area (Å²) >= 11 is 0. The Bertz CT molecular complexity index is 652. The molecule has 0 unspecified atom stereocenters. The summed E-state index contributed by atoms with van der Waals surface area (Å²) in [5.41, 5.74) is -1.73. The van der Waals surface area contributed by atoms with Crippen molar-refractivity contribution in [3.63, 3.8) is 0 Å². The number of halogens is 4. The minimum absolute atomic E-state index is 0.0579. The molecule has 21 heavy (non-hydrogen) atoms. The summed E-state index contributed by atoms with van der Waals surface area (Å²) in [7, 11) is 0. The van der Waals surface area contributed by atoms with Crippen LogP contribution in [0, 0.1) is 12.7 Å². The van der Waals surface area contributed by atoms with Crippen LogP contribution in [0.1, 0.15) is 11.1 Å². The number of carbonyl (C=O) groups excluding carboxylic acids is 1. The molecule has 0 saturated carbocycles. The SMILES string of the molecule is Cc1c(NC(=O)Nc2ccn[nH]2)ccc(C(F)(F)F)c1F. The number of amides is 2. The maximum Gasteiger partial charge on any atom is 0.419 e. The average molecular weight is 302 g/mol. The van der Waals surface area contributed by atoms with Crippen LogP contribution in [-0.2, 0) is 6.18 Å². The van der Waals surface area contributed by atoms with E-state index in [1.165, 1.54) is 12.3 Å². The maximum absolute atomic E-state index is 13.7. The van der Waals surface area contributed by atoms with Crippen molar-refractivity contribution >= 4 is 17.5 Å². The van der Waals surface area contributed by atoms with Crippen LogP contribution >= 0.6 is 0 Å². The zero-order valence-electron chi connectivity index (χ0n) is 10.7. The highest BCUT2D eigenvalue weighted by atomic mass is 19.4. The fraction of sp³-hybridized carbons (Fsp3) is 0.167. The summed E-state index contributed by atoms with van der Waals surface area (Å²) in [5.74, 6) is -1.13. The van der Waals surface area contributed by atoms with E-state index >= 15 is 0 Å². The number of nitrogens with zero attached hydrogens (tertiary/aromatic N) is 1. The Balaban J connectivity index is 2.18. The normalized spacial score (nSPS) is 11.3. The number of hydrogen-bond acceptors (Lipinski definition) is 2. The van der Waals surface area contributed by atoms with Gasteiger partial charge in [0.2, 0.25) is 0 Å². The number of anilines is 2. The quantitative estimate of drug-likeness (QED) is 0.743. The van der Waals surface area contributed by atoms with Crippen molar-refractivity contribution in [1.82, 2.24) is 10.2 Å². The lowest BCUT2D eigenvalue weighted by atomic mass is 10.1. The smallest absolute Gasteiger partial charge is 0.307 e. The largest absolute Gasteiger partial charge is 0.419 e. The first-order valence-electron chi connectivity index (χ1n) is 5.72. The van der Waals surface area contributed by atoms with E-state index in [1.807, 2.05) is 0 Å². The third-order valence-electron chi connectivity index (χ3n) is 2.69. The van der Waals surface area contributed by atoms with Crippen molar-refractivity contribution in [2.75, 3.05) is 10.6 Å². The fourth-order valence-corrected chi connectivity index (χ4v) is 1.64. The number of aromatic amines is 1. The number of H-pyrrole nitrogens is 1. The molecule has 2 rings (SSSR count). The molecule has 1 aromatic heterocycles. The molecular formula is C12H10F4N4O. The zero-order valence-corrected chi connectivity index (χ0v) is 10.7. The molecule has 2 amide bonds. The van der Waals surface area contributed by atoms with Crippen LogP contribution < -0.4 is 10.6 Å². The van der Waals surface area contributed by atoms with Gasteiger partial charge in [-0.1, -0.05) is 0 Å². The highest BCUT2D eigenvalue weighted by molar-refractivity contribution is 5.99. The van der Waals surface area contributed by atoms with Crippen LogP contribution in [0.25, 0.3) is 0 Å². The molecule has 5 nitrogen and oxygen atoms in total. The summed E-state index contributed by atoms with van der Waals surface area (Å²) in [4.78, 5) is 11.6. The van der Waals surface area contributed by atoms with Gasteiger partial charge < -0.3 is 5.32 Å². The van der Waals surface area contributed by atoms with Crippen molar-refractivity contribution in [1.29, 1.82) is 0 Å². The summed E-state index contributed by atoms with van der Waals surface area (Å²) in [5, 5.41) is 10.7. The highest BCUT2D eigenvalue weighted by Gasteiger charge is 2.35. The van der Waals surface area contributed by atoms with Crippen LogP contribution in [0.3, 0.4) is 0 Å². The first-order chi connectivity index (χ1) is 9.79. The van der Waals surface area contributed by atoms with Crippen molar-refractivity contribution in [3.8, 4) is 0 Å². The van der Waals surface area contributed by atoms with E-state index in [2.05, 4.69) is 20.8 Å².